The molecule has 0 heterocycles. The molecule has 0 radical (unpaired) electrons. The molecule has 0 saturated heterocycles. The van der Waals surface area contributed by atoms with E-state index >= 15 is 0 Å². The van der Waals surface area contributed by atoms with E-state index < -0.39 is 97.5 Å². The largest absolute Gasteiger partial charge is 0.472 e. The number of aliphatic hydroxyl groups is 1. The standard InChI is InChI=1S/C71H138O17P2/c1-9-64(8)50-42-34-26-17-14-15-19-29-37-45-53-70(75)87-66(57-81-68(73)51-43-35-27-18-13-11-10-12-16-23-31-39-47-61(2)3)59-85-89(77,78)83-55-65(72)56-84-90(79,80)86-60-67(88-71(76)54-46-38-30-22-25-33-41-49-63(6)7)58-82-69(74)52-44-36-28-21-20-24-32-40-48-62(4)5/h61-67,72H,9-60H2,1-8H3,(H,77,78)(H,79,80)/t64?,65?,66-,67-/m1/s1. The predicted molar refractivity (Wildman–Crippen MR) is 363 cm³/mol. The number of aliphatic hydroxyl groups excluding tert-OH is 1. The maximum absolute atomic E-state index is 13.0. The minimum absolute atomic E-state index is 0.102. The van der Waals surface area contributed by atoms with Crippen molar-refractivity contribution in [3.8, 4) is 0 Å². The van der Waals surface area contributed by atoms with Gasteiger partial charge in [-0.05, 0) is 49.4 Å². The van der Waals surface area contributed by atoms with Crippen LogP contribution in [0, 0.1) is 23.7 Å². The first-order chi connectivity index (χ1) is 43.1. The molecule has 6 atom stereocenters. The molecule has 17 nitrogen and oxygen atoms in total. The van der Waals surface area contributed by atoms with Crippen molar-refractivity contribution in [2.75, 3.05) is 39.6 Å². The Labute approximate surface area is 549 Å². The van der Waals surface area contributed by atoms with Crippen LogP contribution >= 0.6 is 15.6 Å². The second-order valence-electron chi connectivity index (χ2n) is 27.3. The Morgan fingerprint density at radius 1 is 0.311 bits per heavy atom. The number of unbranched alkanes of at least 4 members (excludes halogenated alkanes) is 33. The van der Waals surface area contributed by atoms with Crippen LogP contribution in [-0.4, -0.2) is 96.7 Å². The highest BCUT2D eigenvalue weighted by Crippen LogP contribution is 2.45. The van der Waals surface area contributed by atoms with Gasteiger partial charge in [-0.2, -0.15) is 0 Å². The van der Waals surface area contributed by atoms with Crippen molar-refractivity contribution in [3.05, 3.63) is 0 Å². The molecule has 0 saturated carbocycles. The van der Waals surface area contributed by atoms with Crippen LogP contribution < -0.4 is 0 Å². The van der Waals surface area contributed by atoms with Crippen molar-refractivity contribution in [3.63, 3.8) is 0 Å². The molecule has 0 aliphatic rings. The lowest BCUT2D eigenvalue weighted by Gasteiger charge is -2.21. The number of esters is 4. The number of ether oxygens (including phenoxy) is 4. The van der Waals surface area contributed by atoms with E-state index in [0.29, 0.717) is 31.6 Å². The SMILES string of the molecule is CCC(C)CCCCCCCCCCCCC(=O)O[C@H](COC(=O)CCCCCCCCCCCCCCC(C)C)COP(=O)(O)OCC(O)COP(=O)(O)OC[C@@H](COC(=O)CCCCCCCCCCC(C)C)OC(=O)CCCCCCCCCC(C)C. The number of carbonyl (C=O) groups is 4. The first-order valence-electron chi connectivity index (χ1n) is 36.7. The lowest BCUT2D eigenvalue weighted by atomic mass is 9.99. The molecule has 0 bridgehead atoms. The van der Waals surface area contributed by atoms with E-state index in [1.165, 1.54) is 154 Å². The van der Waals surface area contributed by atoms with Gasteiger partial charge in [-0.1, -0.05) is 299 Å². The van der Waals surface area contributed by atoms with E-state index in [1.54, 1.807) is 0 Å². The summed E-state index contributed by atoms with van der Waals surface area (Å²) < 4.78 is 68.3. The van der Waals surface area contributed by atoms with Crippen molar-refractivity contribution in [2.45, 2.75) is 369 Å². The molecular formula is C71H138O17P2. The summed E-state index contributed by atoms with van der Waals surface area (Å²) in [6.07, 6.45) is 43.1. The zero-order chi connectivity index (χ0) is 66.8. The van der Waals surface area contributed by atoms with Gasteiger partial charge in [0.15, 0.2) is 12.2 Å². The summed E-state index contributed by atoms with van der Waals surface area (Å²) in [6, 6.07) is 0. The van der Waals surface area contributed by atoms with Crippen molar-refractivity contribution in [1.82, 2.24) is 0 Å². The van der Waals surface area contributed by atoms with Crippen LogP contribution in [-0.2, 0) is 65.4 Å². The normalized spacial score (nSPS) is 14.6. The van der Waals surface area contributed by atoms with Crippen molar-refractivity contribution in [2.24, 2.45) is 23.7 Å². The van der Waals surface area contributed by atoms with Gasteiger partial charge in [0.25, 0.3) is 0 Å². The Kier molecular flexibility index (Phi) is 59.4. The van der Waals surface area contributed by atoms with E-state index in [2.05, 4.69) is 55.4 Å². The second kappa shape index (κ2) is 60.7. The quantitative estimate of drug-likeness (QED) is 0.0222. The van der Waals surface area contributed by atoms with E-state index in [-0.39, 0.29) is 25.7 Å². The molecule has 3 N–H and O–H groups in total. The minimum Gasteiger partial charge on any atom is -0.462 e. The smallest absolute Gasteiger partial charge is 0.462 e. The molecule has 0 spiro atoms. The van der Waals surface area contributed by atoms with E-state index in [4.69, 9.17) is 37.0 Å². The highest BCUT2D eigenvalue weighted by molar-refractivity contribution is 7.47. The highest BCUT2D eigenvalue weighted by atomic mass is 31.2. The van der Waals surface area contributed by atoms with Gasteiger partial charge in [-0.15, -0.1) is 0 Å². The summed E-state index contributed by atoms with van der Waals surface area (Å²) in [5, 5.41) is 10.6. The summed E-state index contributed by atoms with van der Waals surface area (Å²) in [4.78, 5) is 72.6. The van der Waals surface area contributed by atoms with Crippen molar-refractivity contribution < 1.29 is 80.2 Å². The third-order valence-electron chi connectivity index (χ3n) is 16.7. The predicted octanol–water partition coefficient (Wildman–Crippen LogP) is 20.1. The first kappa shape index (κ1) is 88.1. The molecule has 0 amide bonds. The van der Waals surface area contributed by atoms with Crippen LogP contribution in [0.5, 0.6) is 0 Å². The van der Waals surface area contributed by atoms with Crippen molar-refractivity contribution >= 4 is 39.5 Å². The Hall–Kier alpha value is -1.94. The fraction of sp³-hybridized carbons (Fsp3) is 0.944. The average Bonchev–Trinajstić information content (AvgIpc) is 3.68. The highest BCUT2D eigenvalue weighted by Gasteiger charge is 2.30. The van der Waals surface area contributed by atoms with Gasteiger partial charge in [-0.3, -0.25) is 37.3 Å². The van der Waals surface area contributed by atoms with Gasteiger partial charge in [0.1, 0.15) is 19.3 Å². The topological polar surface area (TPSA) is 237 Å². The molecule has 4 unspecified atom stereocenters. The van der Waals surface area contributed by atoms with Gasteiger partial charge in [0, 0.05) is 25.7 Å². The number of hydrogen-bond acceptors (Lipinski definition) is 15. The van der Waals surface area contributed by atoms with Crippen LogP contribution in [0.15, 0.2) is 0 Å². The summed E-state index contributed by atoms with van der Waals surface area (Å²) in [7, 11) is -9.90. The van der Waals surface area contributed by atoms with E-state index in [1.807, 2.05) is 0 Å². The molecule has 0 aromatic rings. The van der Waals surface area contributed by atoms with Gasteiger partial charge in [0.05, 0.1) is 26.4 Å². The fourth-order valence-corrected chi connectivity index (χ4v) is 12.2. The van der Waals surface area contributed by atoms with Crippen LogP contribution in [0.2, 0.25) is 0 Å². The van der Waals surface area contributed by atoms with Gasteiger partial charge in [-0.25, -0.2) is 9.13 Å². The number of carbonyl (C=O) groups excluding carboxylic acids is 4. The maximum Gasteiger partial charge on any atom is 0.472 e. The monoisotopic (exact) mass is 1320 g/mol. The average molecular weight is 1330 g/mol. The summed E-state index contributed by atoms with van der Waals surface area (Å²) in [5.74, 6) is 0.877. The van der Waals surface area contributed by atoms with Gasteiger partial charge < -0.3 is 33.8 Å². The molecule has 0 aromatic carbocycles. The zero-order valence-corrected chi connectivity index (χ0v) is 60.6. The lowest BCUT2D eigenvalue weighted by Crippen LogP contribution is -2.30. The third kappa shape index (κ3) is 63.5. The van der Waals surface area contributed by atoms with Gasteiger partial charge in [0.2, 0.25) is 0 Å². The molecular weight excluding hydrogens is 1190 g/mol. The minimum atomic E-state index is -4.95. The number of rotatable bonds is 68. The molecule has 0 rings (SSSR count). The molecule has 0 aliphatic heterocycles. The zero-order valence-electron chi connectivity index (χ0n) is 58.8. The van der Waals surface area contributed by atoms with E-state index in [0.717, 1.165) is 108 Å². The number of phosphoric acid groups is 2. The summed E-state index contributed by atoms with van der Waals surface area (Å²) in [5.41, 5.74) is 0. The maximum atomic E-state index is 13.0. The summed E-state index contributed by atoms with van der Waals surface area (Å²) in [6.45, 7) is 14.1. The van der Waals surface area contributed by atoms with Crippen LogP contribution in [0.3, 0.4) is 0 Å². The Balaban J connectivity index is 5.25. The Morgan fingerprint density at radius 3 is 0.789 bits per heavy atom. The Bertz CT molecular complexity index is 1780. The summed E-state index contributed by atoms with van der Waals surface area (Å²) >= 11 is 0. The Morgan fingerprint density at radius 2 is 0.533 bits per heavy atom. The fourth-order valence-electron chi connectivity index (χ4n) is 10.6. The molecule has 19 heteroatoms. The molecule has 0 aliphatic carbocycles. The number of phosphoric ester groups is 2. The third-order valence-corrected chi connectivity index (χ3v) is 18.6. The van der Waals surface area contributed by atoms with Gasteiger partial charge >= 0.3 is 39.5 Å². The first-order valence-corrected chi connectivity index (χ1v) is 39.7. The number of hydrogen-bond donors (Lipinski definition) is 3. The molecule has 0 aromatic heterocycles. The second-order valence-corrected chi connectivity index (χ2v) is 30.2. The van der Waals surface area contributed by atoms with Crippen LogP contribution in [0.25, 0.3) is 0 Å². The van der Waals surface area contributed by atoms with Crippen molar-refractivity contribution in [1.29, 1.82) is 0 Å². The van der Waals surface area contributed by atoms with Crippen LogP contribution in [0.4, 0.5) is 0 Å². The molecule has 90 heavy (non-hydrogen) atoms. The molecule has 0 fully saturated rings. The van der Waals surface area contributed by atoms with Crippen LogP contribution in [0.1, 0.15) is 351 Å². The lowest BCUT2D eigenvalue weighted by molar-refractivity contribution is -0.161. The van der Waals surface area contributed by atoms with E-state index in [9.17, 15) is 43.2 Å². The molecule has 534 valence electrons.